The average molecular weight is 492 g/mol. The summed E-state index contributed by atoms with van der Waals surface area (Å²) in [5.41, 5.74) is 2.74. The van der Waals surface area contributed by atoms with Gasteiger partial charge in [0.15, 0.2) is 9.84 Å². The molecule has 0 bridgehead atoms. The second kappa shape index (κ2) is 9.65. The Morgan fingerprint density at radius 2 is 1.89 bits per heavy atom. The number of benzene rings is 1. The number of hydrogen-bond acceptors (Lipinski definition) is 4. The minimum absolute atomic E-state index is 0. The summed E-state index contributed by atoms with van der Waals surface area (Å²) in [4.78, 5) is 6.28. The summed E-state index contributed by atoms with van der Waals surface area (Å²) in [6.45, 7) is 6.11. The lowest BCUT2D eigenvalue weighted by molar-refractivity contribution is 0.172. The number of nitrogens with one attached hydrogen (secondary N) is 1. The van der Waals surface area contributed by atoms with Crippen LogP contribution in [0, 0.1) is 0 Å². The van der Waals surface area contributed by atoms with Gasteiger partial charge < -0.3 is 9.72 Å². The Morgan fingerprint density at radius 3 is 2.50 bits per heavy atom. The van der Waals surface area contributed by atoms with Gasteiger partial charge >= 0.3 is 0 Å². The lowest BCUT2D eigenvalue weighted by Gasteiger charge is -2.31. The van der Waals surface area contributed by atoms with Crippen molar-refractivity contribution in [2.24, 2.45) is 0 Å². The van der Waals surface area contributed by atoms with Crippen molar-refractivity contribution in [1.82, 2.24) is 9.88 Å². The molecular weight excluding hydrogens is 464 g/mol. The number of hydrogen-bond donors (Lipinski definition) is 1. The van der Waals surface area contributed by atoms with Gasteiger partial charge in [-0.1, -0.05) is 13.3 Å². The van der Waals surface area contributed by atoms with Crippen molar-refractivity contribution in [2.75, 3.05) is 26.0 Å². The second-order valence-corrected chi connectivity index (χ2v) is 10.1. The molecule has 1 aromatic heterocycles. The fourth-order valence-corrected chi connectivity index (χ4v) is 5.34. The maximum absolute atomic E-state index is 12.4. The van der Waals surface area contributed by atoms with Crippen molar-refractivity contribution >= 4 is 38.2 Å². The summed E-state index contributed by atoms with van der Waals surface area (Å²) in [6, 6.07) is 7.70. The Labute approximate surface area is 182 Å². The van der Waals surface area contributed by atoms with Crippen LogP contribution in [-0.4, -0.2) is 44.3 Å². The topological polar surface area (TPSA) is 62.4 Å². The monoisotopic (exact) mass is 490 g/mol. The molecule has 0 aliphatic carbocycles. The fraction of sp³-hybridized carbons (Fsp3) is 0.500. The van der Waals surface area contributed by atoms with Crippen LogP contribution in [-0.2, 0) is 9.84 Å². The van der Waals surface area contributed by atoms with Gasteiger partial charge in [0, 0.05) is 23.0 Å². The highest BCUT2D eigenvalue weighted by Gasteiger charge is 2.22. The number of ether oxygens (including phenoxy) is 1. The molecule has 8 heteroatoms. The van der Waals surface area contributed by atoms with Gasteiger partial charge in [-0.05, 0) is 73.1 Å². The number of piperidine rings is 1. The lowest BCUT2D eigenvalue weighted by Crippen LogP contribution is -2.32. The maximum Gasteiger partial charge on any atom is 0.178 e. The van der Waals surface area contributed by atoms with Crippen molar-refractivity contribution in [3.8, 4) is 17.0 Å². The Balaban J connectivity index is 0.00000280. The second-order valence-electron chi connectivity index (χ2n) is 6.99. The van der Waals surface area contributed by atoms with Crippen molar-refractivity contribution in [3.05, 3.63) is 34.4 Å². The van der Waals surface area contributed by atoms with E-state index in [4.69, 9.17) is 4.74 Å². The summed E-state index contributed by atoms with van der Waals surface area (Å²) >= 11 is 3.46. The quantitative estimate of drug-likeness (QED) is 0.602. The van der Waals surface area contributed by atoms with Crippen LogP contribution in [0.1, 0.15) is 44.8 Å². The molecule has 1 saturated heterocycles. The molecule has 1 aliphatic heterocycles. The molecule has 1 aromatic carbocycles. The zero-order valence-corrected chi connectivity index (χ0v) is 19.7. The van der Waals surface area contributed by atoms with Crippen LogP contribution in [0.5, 0.6) is 5.75 Å². The Hall–Kier alpha value is -1.02. The van der Waals surface area contributed by atoms with Crippen molar-refractivity contribution in [1.29, 1.82) is 0 Å². The average Bonchev–Trinajstić information content (AvgIpc) is 3.17. The van der Waals surface area contributed by atoms with Gasteiger partial charge in [-0.25, -0.2) is 8.42 Å². The third-order valence-corrected chi connectivity index (χ3v) is 7.65. The number of rotatable bonds is 6. The van der Waals surface area contributed by atoms with Gasteiger partial charge in [-0.2, -0.15) is 0 Å². The molecule has 0 radical (unpaired) electrons. The van der Waals surface area contributed by atoms with E-state index in [1.54, 1.807) is 26.2 Å². The van der Waals surface area contributed by atoms with Gasteiger partial charge in [-0.3, -0.25) is 4.90 Å². The summed E-state index contributed by atoms with van der Waals surface area (Å²) in [5.74, 6) is 0.691. The van der Waals surface area contributed by atoms with Gasteiger partial charge in [0.1, 0.15) is 5.75 Å². The first-order valence-corrected chi connectivity index (χ1v) is 11.9. The van der Waals surface area contributed by atoms with Crippen LogP contribution in [0.25, 0.3) is 11.3 Å². The first-order chi connectivity index (χ1) is 12.9. The number of likely N-dealkylation sites (tertiary alicyclic amines) is 1. The Morgan fingerprint density at radius 1 is 1.21 bits per heavy atom. The molecule has 28 heavy (non-hydrogen) atoms. The van der Waals surface area contributed by atoms with Crippen LogP contribution in [0.2, 0.25) is 0 Å². The predicted octanol–water partition coefficient (Wildman–Crippen LogP) is 5.22. The van der Waals surface area contributed by atoms with E-state index in [-0.39, 0.29) is 18.2 Å². The number of halogens is 2. The summed E-state index contributed by atoms with van der Waals surface area (Å²) < 4.78 is 30.9. The highest BCUT2D eigenvalue weighted by Crippen LogP contribution is 2.39. The summed E-state index contributed by atoms with van der Waals surface area (Å²) in [5, 5.41) is 0. The lowest BCUT2D eigenvalue weighted by atomic mass is 10.1. The molecule has 156 valence electrons. The van der Waals surface area contributed by atoms with E-state index >= 15 is 0 Å². The first-order valence-electron chi connectivity index (χ1n) is 9.41. The predicted molar refractivity (Wildman–Crippen MR) is 119 cm³/mol. The van der Waals surface area contributed by atoms with Gasteiger partial charge in [0.25, 0.3) is 0 Å². The molecule has 0 spiro atoms. The van der Waals surface area contributed by atoms with Crippen LogP contribution in [0.4, 0.5) is 0 Å². The zero-order valence-electron chi connectivity index (χ0n) is 16.5. The molecule has 3 rings (SSSR count). The first kappa shape index (κ1) is 23.3. The molecule has 0 saturated carbocycles. The van der Waals surface area contributed by atoms with E-state index in [1.165, 1.54) is 19.3 Å². The van der Waals surface area contributed by atoms with E-state index in [0.717, 1.165) is 30.0 Å². The fourth-order valence-electron chi connectivity index (χ4n) is 3.64. The van der Waals surface area contributed by atoms with Crippen LogP contribution < -0.4 is 4.74 Å². The van der Waals surface area contributed by atoms with Crippen LogP contribution >= 0.6 is 28.3 Å². The number of aromatic nitrogens is 1. The van der Waals surface area contributed by atoms with Crippen LogP contribution in [0.15, 0.2) is 33.6 Å². The number of methoxy groups -OCH3 is 1. The molecule has 5 nitrogen and oxygen atoms in total. The number of aromatic amines is 1. The number of sulfone groups is 1. The summed E-state index contributed by atoms with van der Waals surface area (Å²) in [7, 11) is -1.72. The number of nitrogens with zero attached hydrogens (tertiary/aromatic N) is 1. The van der Waals surface area contributed by atoms with E-state index in [1.807, 2.05) is 6.07 Å². The molecule has 1 aliphatic rings. The van der Waals surface area contributed by atoms with Crippen molar-refractivity contribution in [2.45, 2.75) is 44.0 Å². The van der Waals surface area contributed by atoms with Crippen LogP contribution in [0.3, 0.4) is 0 Å². The Bertz CT molecular complexity index is 908. The molecular formula is C20H28BrClN2O3S. The zero-order chi connectivity index (χ0) is 19.6. The van der Waals surface area contributed by atoms with E-state index in [9.17, 15) is 8.42 Å². The third-order valence-electron chi connectivity index (χ3n) is 5.35. The highest BCUT2D eigenvalue weighted by atomic mass is 79.9. The van der Waals surface area contributed by atoms with Gasteiger partial charge in [0.2, 0.25) is 0 Å². The normalized spacial score (nSPS) is 16.4. The van der Waals surface area contributed by atoms with Crippen molar-refractivity contribution in [3.63, 3.8) is 0 Å². The Kier molecular flexibility index (Phi) is 8.02. The third kappa shape index (κ3) is 4.75. The largest absolute Gasteiger partial charge is 0.495 e. The van der Waals surface area contributed by atoms with Crippen molar-refractivity contribution < 1.29 is 13.2 Å². The molecule has 1 unspecified atom stereocenters. The SMILES string of the molecule is CCS(=O)(=O)c1cc(Br)c(OC)c(-c2ccc(C(C)N3CCCCC3)[nH]2)c1.Cl. The minimum atomic E-state index is -3.31. The molecule has 0 amide bonds. The van der Waals surface area contributed by atoms with E-state index in [0.29, 0.717) is 21.2 Å². The molecule has 1 fully saturated rings. The summed E-state index contributed by atoms with van der Waals surface area (Å²) in [6.07, 6.45) is 3.80. The molecule has 1 N–H and O–H groups in total. The molecule has 2 aromatic rings. The standard InChI is InChI=1S/C20H27BrN2O3S.ClH/c1-4-27(24,25)15-12-16(20(26-3)17(21)13-15)19-9-8-18(22-19)14(2)23-10-6-5-7-11-23;/h8-9,12-14,22H,4-7,10-11H2,1-3H3;1H. The minimum Gasteiger partial charge on any atom is -0.495 e. The van der Waals surface area contributed by atoms with Gasteiger partial charge in [0.05, 0.1) is 22.2 Å². The highest BCUT2D eigenvalue weighted by molar-refractivity contribution is 9.10. The maximum atomic E-state index is 12.4. The number of H-pyrrole nitrogens is 1. The van der Waals surface area contributed by atoms with Gasteiger partial charge in [-0.15, -0.1) is 12.4 Å². The molecule has 1 atom stereocenters. The molecule has 2 heterocycles. The smallest absolute Gasteiger partial charge is 0.178 e. The van der Waals surface area contributed by atoms with E-state index in [2.05, 4.69) is 38.8 Å². The van der Waals surface area contributed by atoms with E-state index < -0.39 is 9.84 Å².